The second-order valence-corrected chi connectivity index (χ2v) is 7.72. The summed E-state index contributed by atoms with van der Waals surface area (Å²) >= 11 is 0. The summed E-state index contributed by atoms with van der Waals surface area (Å²) in [6.45, 7) is 4.13. The number of piperidine rings is 1. The Morgan fingerprint density at radius 3 is 2.94 bits per heavy atom. The Labute approximate surface area is 180 Å². The van der Waals surface area contributed by atoms with Gasteiger partial charge in [0.05, 0.1) is 19.0 Å². The first-order chi connectivity index (χ1) is 15.2. The summed E-state index contributed by atoms with van der Waals surface area (Å²) in [7, 11) is 0. The Balaban J connectivity index is 1.29. The van der Waals surface area contributed by atoms with Crippen LogP contribution >= 0.6 is 0 Å². The first-order valence-corrected chi connectivity index (χ1v) is 10.4. The van der Waals surface area contributed by atoms with Crippen molar-refractivity contribution >= 4 is 17.8 Å². The lowest BCUT2D eigenvalue weighted by Gasteiger charge is -2.33. The summed E-state index contributed by atoms with van der Waals surface area (Å²) in [4.78, 5) is 14.2. The van der Waals surface area contributed by atoms with E-state index in [9.17, 15) is 4.79 Å². The molecule has 3 heterocycles. The van der Waals surface area contributed by atoms with Crippen molar-refractivity contribution in [2.75, 3.05) is 25.0 Å². The maximum atomic E-state index is 12.4. The predicted molar refractivity (Wildman–Crippen MR) is 116 cm³/mol. The number of nitrogens with one attached hydrogen (secondary N) is 1. The molecule has 8 nitrogen and oxygen atoms in total. The molecule has 2 aromatic heterocycles. The first-order valence-electron chi connectivity index (χ1n) is 10.4. The molecule has 8 heteroatoms. The van der Waals surface area contributed by atoms with E-state index in [2.05, 4.69) is 40.8 Å². The number of hydrogen-bond donors (Lipinski definition) is 1. The monoisotopic (exact) mass is 422 g/mol. The second-order valence-electron chi connectivity index (χ2n) is 7.72. The van der Waals surface area contributed by atoms with Gasteiger partial charge in [-0.05, 0) is 42.9 Å². The van der Waals surface area contributed by atoms with Crippen LogP contribution in [0.5, 0.6) is 5.75 Å². The summed E-state index contributed by atoms with van der Waals surface area (Å²) in [5.74, 6) is 1.13. The lowest BCUT2D eigenvalue weighted by molar-refractivity contribution is 0.198. The van der Waals surface area contributed by atoms with Crippen molar-refractivity contribution < 1.29 is 18.6 Å². The number of hydrogen-bond acceptors (Lipinski definition) is 6. The minimum atomic E-state index is -0.129. The van der Waals surface area contributed by atoms with Crippen LogP contribution in [-0.2, 0) is 6.42 Å². The molecule has 1 aliphatic rings. The Morgan fingerprint density at radius 2 is 2.16 bits per heavy atom. The lowest BCUT2D eigenvalue weighted by atomic mass is 9.91. The molecule has 1 N–H and O–H groups in total. The minimum absolute atomic E-state index is 0.129. The molecule has 1 unspecified atom stereocenters. The molecule has 1 atom stereocenters. The maximum absolute atomic E-state index is 12.4. The fraction of sp³-hybridized carbons (Fsp3) is 0.348. The molecule has 0 saturated carbocycles. The van der Waals surface area contributed by atoms with Crippen LogP contribution in [0.4, 0.5) is 10.5 Å². The molecule has 162 valence electrons. The number of amides is 2. The quantitative estimate of drug-likeness (QED) is 0.558. The van der Waals surface area contributed by atoms with E-state index in [0.29, 0.717) is 25.4 Å². The van der Waals surface area contributed by atoms with Crippen LogP contribution < -0.4 is 10.1 Å². The van der Waals surface area contributed by atoms with E-state index >= 15 is 0 Å². The number of anilines is 1. The Hall–Kier alpha value is -3.55. The molecular formula is C23H26N4O4. The normalized spacial score (nSPS) is 17.6. The van der Waals surface area contributed by atoms with Gasteiger partial charge in [0.25, 0.3) is 0 Å². The largest absolute Gasteiger partial charge is 0.494 e. The molecule has 1 saturated heterocycles. The second kappa shape index (κ2) is 9.97. The van der Waals surface area contributed by atoms with Crippen LogP contribution in [0.2, 0.25) is 0 Å². The standard InChI is InChI=1S/C23H26N4O4/c1-17-14-27(23(28)26-21-13-25-31-16-21)8-7-20(17)10-18-4-2-6-22(11-18)29-9-3-5-19-12-24-30-15-19/h2,4,6,10-13,15-17H,3,5,7-9,14H2,1H3,(H,26,28)/b20-10+. The van der Waals surface area contributed by atoms with E-state index in [4.69, 9.17) is 13.8 Å². The highest BCUT2D eigenvalue weighted by atomic mass is 16.5. The average Bonchev–Trinajstić information content (AvgIpc) is 3.47. The maximum Gasteiger partial charge on any atom is 0.322 e. The first kappa shape index (κ1) is 20.7. The van der Waals surface area contributed by atoms with Gasteiger partial charge in [0.15, 0.2) is 0 Å². The van der Waals surface area contributed by atoms with Crippen LogP contribution in [0.3, 0.4) is 0 Å². The average molecular weight is 422 g/mol. The van der Waals surface area contributed by atoms with Gasteiger partial charge in [0.2, 0.25) is 0 Å². The smallest absolute Gasteiger partial charge is 0.322 e. The topological polar surface area (TPSA) is 93.6 Å². The third-order valence-corrected chi connectivity index (χ3v) is 5.34. The van der Waals surface area contributed by atoms with Gasteiger partial charge in [-0.2, -0.15) is 0 Å². The third-order valence-electron chi connectivity index (χ3n) is 5.34. The summed E-state index contributed by atoms with van der Waals surface area (Å²) in [6.07, 6.45) is 11.1. The molecular weight excluding hydrogens is 396 g/mol. The van der Waals surface area contributed by atoms with Crippen molar-refractivity contribution in [1.82, 2.24) is 15.2 Å². The van der Waals surface area contributed by atoms with E-state index in [0.717, 1.165) is 36.1 Å². The van der Waals surface area contributed by atoms with Crippen LogP contribution in [0, 0.1) is 5.92 Å². The van der Waals surface area contributed by atoms with Crippen LogP contribution in [0.15, 0.2) is 63.8 Å². The lowest BCUT2D eigenvalue weighted by Crippen LogP contribution is -2.42. The summed E-state index contributed by atoms with van der Waals surface area (Å²) in [5, 5.41) is 10.1. The molecule has 3 aromatic rings. The number of ether oxygens (including phenoxy) is 1. The van der Waals surface area contributed by atoms with Gasteiger partial charge < -0.3 is 24.0 Å². The Morgan fingerprint density at radius 1 is 1.29 bits per heavy atom. The Kier molecular flexibility index (Phi) is 6.66. The van der Waals surface area contributed by atoms with Gasteiger partial charge in [-0.1, -0.05) is 41.0 Å². The molecule has 31 heavy (non-hydrogen) atoms. The van der Waals surface area contributed by atoms with Crippen LogP contribution in [0.1, 0.15) is 30.9 Å². The summed E-state index contributed by atoms with van der Waals surface area (Å²) < 4.78 is 15.5. The summed E-state index contributed by atoms with van der Waals surface area (Å²) in [5.41, 5.74) is 4.09. The molecule has 0 aliphatic carbocycles. The number of urea groups is 1. The number of aryl methyl sites for hydroxylation is 1. The number of nitrogens with zero attached hydrogens (tertiary/aromatic N) is 3. The van der Waals surface area contributed by atoms with Crippen molar-refractivity contribution in [2.45, 2.75) is 26.2 Å². The SMILES string of the molecule is CC1CN(C(=O)Nc2cnoc2)CC/C1=C\c1cccc(OCCCc2cnoc2)c1. The van der Waals surface area contributed by atoms with Gasteiger partial charge >= 0.3 is 6.03 Å². The van der Waals surface area contributed by atoms with Gasteiger partial charge in [-0.15, -0.1) is 0 Å². The van der Waals surface area contributed by atoms with E-state index in [1.54, 1.807) is 12.5 Å². The van der Waals surface area contributed by atoms with Crippen molar-refractivity contribution in [2.24, 2.45) is 5.92 Å². The molecule has 0 radical (unpaired) electrons. The van der Waals surface area contributed by atoms with Gasteiger partial charge in [-0.3, -0.25) is 0 Å². The van der Waals surface area contributed by atoms with Crippen molar-refractivity contribution in [3.05, 3.63) is 65.9 Å². The highest BCUT2D eigenvalue weighted by molar-refractivity contribution is 5.89. The third kappa shape index (κ3) is 5.75. The molecule has 1 aromatic carbocycles. The fourth-order valence-electron chi connectivity index (χ4n) is 3.64. The highest BCUT2D eigenvalue weighted by Gasteiger charge is 2.24. The van der Waals surface area contributed by atoms with Gasteiger partial charge in [-0.25, -0.2) is 4.79 Å². The molecule has 0 spiro atoms. The molecule has 1 fully saturated rings. The zero-order valence-corrected chi connectivity index (χ0v) is 17.5. The molecule has 2 amide bonds. The number of benzene rings is 1. The van der Waals surface area contributed by atoms with E-state index < -0.39 is 0 Å². The number of carbonyl (C=O) groups is 1. The number of likely N-dealkylation sites (tertiary alicyclic amines) is 1. The highest BCUT2D eigenvalue weighted by Crippen LogP contribution is 2.26. The van der Waals surface area contributed by atoms with Crippen molar-refractivity contribution in [3.8, 4) is 5.75 Å². The number of carbonyl (C=O) groups excluding carboxylic acids is 1. The molecule has 4 rings (SSSR count). The van der Waals surface area contributed by atoms with Crippen molar-refractivity contribution in [1.29, 1.82) is 0 Å². The van der Waals surface area contributed by atoms with Crippen LogP contribution in [-0.4, -0.2) is 40.9 Å². The zero-order valence-electron chi connectivity index (χ0n) is 17.5. The number of rotatable bonds is 7. The van der Waals surface area contributed by atoms with Gasteiger partial charge in [0.1, 0.15) is 24.0 Å². The summed E-state index contributed by atoms with van der Waals surface area (Å²) in [6, 6.07) is 7.99. The number of aromatic nitrogens is 2. The molecule has 1 aliphatic heterocycles. The Bertz CT molecular complexity index is 999. The molecule has 0 bridgehead atoms. The van der Waals surface area contributed by atoms with Crippen molar-refractivity contribution in [3.63, 3.8) is 0 Å². The fourth-order valence-corrected chi connectivity index (χ4v) is 3.64. The predicted octanol–water partition coefficient (Wildman–Crippen LogP) is 4.63. The van der Waals surface area contributed by atoms with Gasteiger partial charge in [0, 0.05) is 18.7 Å². The van der Waals surface area contributed by atoms with E-state index in [1.165, 1.54) is 18.0 Å². The van der Waals surface area contributed by atoms with E-state index in [-0.39, 0.29) is 11.9 Å². The minimum Gasteiger partial charge on any atom is -0.494 e. The zero-order chi connectivity index (χ0) is 21.5. The van der Waals surface area contributed by atoms with Crippen LogP contribution in [0.25, 0.3) is 6.08 Å². The van der Waals surface area contributed by atoms with E-state index in [1.807, 2.05) is 17.0 Å².